The summed E-state index contributed by atoms with van der Waals surface area (Å²) in [5, 5.41) is 6.62. The van der Waals surface area contributed by atoms with Gasteiger partial charge in [0, 0.05) is 38.0 Å². The molecule has 134 valence electrons. The van der Waals surface area contributed by atoms with Gasteiger partial charge in [-0.2, -0.15) is 0 Å². The molecule has 0 aliphatic carbocycles. The topological polar surface area (TPSA) is 82.8 Å². The Morgan fingerprint density at radius 3 is 2.83 bits per heavy atom. The number of nitrogens with one attached hydrogen (secondary N) is 2. The predicted molar refractivity (Wildman–Crippen MR) is 93.8 cm³/mol. The molecular weight excluding hydrogens is 306 g/mol. The number of aromatic nitrogens is 1. The Bertz CT molecular complexity index is 588. The summed E-state index contributed by atoms with van der Waals surface area (Å²) in [7, 11) is 1.83. The Balaban J connectivity index is 1.98. The van der Waals surface area contributed by atoms with Crippen molar-refractivity contribution in [1.82, 2.24) is 20.5 Å². The van der Waals surface area contributed by atoms with Crippen molar-refractivity contribution in [2.75, 3.05) is 20.1 Å². The summed E-state index contributed by atoms with van der Waals surface area (Å²) in [4.78, 5) is 22.2. The zero-order chi connectivity index (χ0) is 17.7. The van der Waals surface area contributed by atoms with E-state index in [4.69, 9.17) is 4.42 Å². The molecule has 0 bridgehead atoms. The van der Waals surface area contributed by atoms with Gasteiger partial charge in [0.1, 0.15) is 12.3 Å². The number of amides is 1. The van der Waals surface area contributed by atoms with Crippen LogP contribution in [0.15, 0.2) is 15.6 Å². The summed E-state index contributed by atoms with van der Waals surface area (Å²) >= 11 is 0. The van der Waals surface area contributed by atoms with Crippen LogP contribution in [0.5, 0.6) is 0 Å². The number of carbonyl (C=O) groups is 1. The average Bonchev–Trinajstić information content (AvgIpc) is 2.98. The maximum Gasteiger partial charge on any atom is 0.222 e. The third-order valence-electron chi connectivity index (χ3n) is 3.98. The molecule has 7 heteroatoms. The fourth-order valence-corrected chi connectivity index (χ4v) is 2.52. The first kappa shape index (κ1) is 18.3. The van der Waals surface area contributed by atoms with Gasteiger partial charge in [0.25, 0.3) is 0 Å². The molecule has 1 aromatic heterocycles. The highest BCUT2D eigenvalue weighted by atomic mass is 16.4. The summed E-state index contributed by atoms with van der Waals surface area (Å²) in [6.07, 6.45) is 3.16. The van der Waals surface area contributed by atoms with E-state index in [2.05, 4.69) is 41.4 Å². The second-order valence-electron chi connectivity index (χ2n) is 7.22. The standard InChI is InChI=1S/C17H29N5O2/c1-6-18-16(21-12-7-8-15(23)22(5)11-12)20-10-14-19-9-13(24-14)17(2,3)4/h9,12H,6-8,10-11H2,1-5H3,(H2,18,20,21). The van der Waals surface area contributed by atoms with Gasteiger partial charge in [0.15, 0.2) is 5.96 Å². The first-order valence-electron chi connectivity index (χ1n) is 8.53. The number of likely N-dealkylation sites (tertiary alicyclic amines) is 1. The molecule has 0 radical (unpaired) electrons. The highest BCUT2D eigenvalue weighted by Gasteiger charge is 2.23. The summed E-state index contributed by atoms with van der Waals surface area (Å²) < 4.78 is 5.77. The maximum absolute atomic E-state index is 11.6. The van der Waals surface area contributed by atoms with Gasteiger partial charge in [-0.05, 0) is 13.3 Å². The molecule has 7 nitrogen and oxygen atoms in total. The Hall–Kier alpha value is -2.05. The van der Waals surface area contributed by atoms with E-state index < -0.39 is 0 Å². The molecule has 1 aromatic rings. The molecule has 1 fully saturated rings. The fourth-order valence-electron chi connectivity index (χ4n) is 2.52. The SMILES string of the molecule is CCNC(=NCc1ncc(C(C)(C)C)o1)NC1CCC(=O)N(C)C1. The number of nitrogens with zero attached hydrogens (tertiary/aromatic N) is 3. The van der Waals surface area contributed by atoms with Crippen molar-refractivity contribution >= 4 is 11.9 Å². The maximum atomic E-state index is 11.6. The Morgan fingerprint density at radius 1 is 1.50 bits per heavy atom. The van der Waals surface area contributed by atoms with Gasteiger partial charge in [-0.3, -0.25) is 4.79 Å². The number of carbonyl (C=O) groups excluding carboxylic acids is 1. The molecular formula is C17H29N5O2. The Morgan fingerprint density at radius 2 is 2.25 bits per heavy atom. The van der Waals surface area contributed by atoms with Gasteiger partial charge in [0.2, 0.25) is 11.8 Å². The van der Waals surface area contributed by atoms with Crippen LogP contribution in [-0.4, -0.2) is 47.9 Å². The van der Waals surface area contributed by atoms with E-state index in [1.54, 1.807) is 11.1 Å². The molecule has 0 aromatic carbocycles. The van der Waals surface area contributed by atoms with E-state index in [1.807, 2.05) is 14.0 Å². The van der Waals surface area contributed by atoms with E-state index in [0.29, 0.717) is 25.4 Å². The van der Waals surface area contributed by atoms with Crippen molar-refractivity contribution in [2.24, 2.45) is 4.99 Å². The normalized spacial score (nSPS) is 19.5. The first-order valence-corrected chi connectivity index (χ1v) is 8.53. The lowest BCUT2D eigenvalue weighted by atomic mass is 9.94. The van der Waals surface area contributed by atoms with Crippen molar-refractivity contribution in [3.8, 4) is 0 Å². The molecule has 24 heavy (non-hydrogen) atoms. The van der Waals surface area contributed by atoms with Crippen LogP contribution in [0.25, 0.3) is 0 Å². The van der Waals surface area contributed by atoms with Crippen LogP contribution < -0.4 is 10.6 Å². The Kier molecular flexibility index (Phi) is 5.85. The van der Waals surface area contributed by atoms with Gasteiger partial charge < -0.3 is 20.0 Å². The number of rotatable bonds is 4. The number of likely N-dealkylation sites (N-methyl/N-ethyl adjacent to an activating group) is 1. The number of guanidine groups is 1. The molecule has 2 heterocycles. The monoisotopic (exact) mass is 335 g/mol. The molecule has 0 saturated carbocycles. The Labute approximate surface area is 143 Å². The lowest BCUT2D eigenvalue weighted by Gasteiger charge is -2.31. The van der Waals surface area contributed by atoms with Gasteiger partial charge in [-0.15, -0.1) is 0 Å². The van der Waals surface area contributed by atoms with E-state index in [9.17, 15) is 4.79 Å². The minimum absolute atomic E-state index is 0.0586. The molecule has 1 saturated heterocycles. The van der Waals surface area contributed by atoms with Crippen LogP contribution in [0, 0.1) is 0 Å². The van der Waals surface area contributed by atoms with Gasteiger partial charge >= 0.3 is 0 Å². The number of hydrogen-bond donors (Lipinski definition) is 2. The third kappa shape index (κ3) is 4.97. The second kappa shape index (κ2) is 7.68. The van der Waals surface area contributed by atoms with E-state index in [1.165, 1.54) is 0 Å². The van der Waals surface area contributed by atoms with Gasteiger partial charge in [-0.1, -0.05) is 20.8 Å². The minimum atomic E-state index is -0.0586. The molecule has 1 atom stereocenters. The number of aliphatic imine (C=N–C) groups is 1. The fraction of sp³-hybridized carbons (Fsp3) is 0.706. The van der Waals surface area contributed by atoms with Crippen molar-refractivity contribution < 1.29 is 9.21 Å². The lowest BCUT2D eigenvalue weighted by Crippen LogP contribution is -2.51. The van der Waals surface area contributed by atoms with Gasteiger partial charge in [-0.25, -0.2) is 9.98 Å². The largest absolute Gasteiger partial charge is 0.443 e. The summed E-state index contributed by atoms with van der Waals surface area (Å²) in [6.45, 7) is 10.1. The zero-order valence-corrected chi connectivity index (χ0v) is 15.3. The molecule has 2 rings (SSSR count). The van der Waals surface area contributed by atoms with Crippen LogP contribution >= 0.6 is 0 Å². The molecule has 1 unspecified atom stereocenters. The summed E-state index contributed by atoms with van der Waals surface area (Å²) in [5.41, 5.74) is -0.0586. The highest BCUT2D eigenvalue weighted by molar-refractivity contribution is 5.81. The molecule has 1 amide bonds. The lowest BCUT2D eigenvalue weighted by molar-refractivity contribution is -0.132. The number of oxazole rings is 1. The van der Waals surface area contributed by atoms with E-state index in [-0.39, 0.29) is 17.4 Å². The van der Waals surface area contributed by atoms with Crippen molar-refractivity contribution in [2.45, 2.75) is 58.5 Å². The quantitative estimate of drug-likeness (QED) is 0.646. The van der Waals surface area contributed by atoms with E-state index >= 15 is 0 Å². The number of hydrogen-bond acceptors (Lipinski definition) is 4. The number of piperidine rings is 1. The molecule has 2 N–H and O–H groups in total. The smallest absolute Gasteiger partial charge is 0.222 e. The minimum Gasteiger partial charge on any atom is -0.443 e. The highest BCUT2D eigenvalue weighted by Crippen LogP contribution is 2.22. The second-order valence-corrected chi connectivity index (χ2v) is 7.22. The van der Waals surface area contributed by atoms with Gasteiger partial charge in [0.05, 0.1) is 6.20 Å². The van der Waals surface area contributed by atoms with Crippen molar-refractivity contribution in [1.29, 1.82) is 0 Å². The molecule has 0 spiro atoms. The predicted octanol–water partition coefficient (Wildman–Crippen LogP) is 1.65. The van der Waals surface area contributed by atoms with E-state index in [0.717, 1.165) is 24.7 Å². The first-order chi connectivity index (χ1) is 11.3. The van der Waals surface area contributed by atoms with Crippen LogP contribution in [0.1, 0.15) is 52.2 Å². The summed E-state index contributed by atoms with van der Waals surface area (Å²) in [6, 6.07) is 0.209. The molecule has 1 aliphatic rings. The molecule has 1 aliphatic heterocycles. The van der Waals surface area contributed by atoms with Crippen molar-refractivity contribution in [3.63, 3.8) is 0 Å². The summed E-state index contributed by atoms with van der Waals surface area (Å²) in [5.74, 6) is 2.39. The average molecular weight is 335 g/mol. The van der Waals surface area contributed by atoms with Crippen LogP contribution in [0.3, 0.4) is 0 Å². The third-order valence-corrected chi connectivity index (χ3v) is 3.98. The van der Waals surface area contributed by atoms with Crippen molar-refractivity contribution in [3.05, 3.63) is 17.8 Å². The zero-order valence-electron chi connectivity index (χ0n) is 15.3. The van der Waals surface area contributed by atoms with Crippen LogP contribution in [-0.2, 0) is 16.8 Å². The van der Waals surface area contributed by atoms with Crippen LogP contribution in [0.4, 0.5) is 0 Å². The van der Waals surface area contributed by atoms with Crippen LogP contribution in [0.2, 0.25) is 0 Å².